The third kappa shape index (κ3) is 1.73. The highest BCUT2D eigenvalue weighted by Gasteiger charge is 2.47. The first-order valence-electron chi connectivity index (χ1n) is 7.65. The largest absolute Gasteiger partial charge is 0.368 e. The van der Waals surface area contributed by atoms with Crippen LogP contribution in [0, 0.1) is 0 Å². The first kappa shape index (κ1) is 12.2. The predicted molar refractivity (Wildman–Crippen MR) is 80.6 cm³/mol. The first-order chi connectivity index (χ1) is 9.90. The Morgan fingerprint density at radius 1 is 0.850 bits per heavy atom. The topological polar surface area (TPSA) is 9.23 Å². The zero-order valence-corrected chi connectivity index (χ0v) is 11.7. The number of rotatable bonds is 1. The molecule has 1 atom stereocenters. The minimum absolute atomic E-state index is 0.205. The van der Waals surface area contributed by atoms with Crippen LogP contribution in [0.3, 0.4) is 0 Å². The van der Waals surface area contributed by atoms with Gasteiger partial charge in [-0.05, 0) is 29.5 Å². The van der Waals surface area contributed by atoms with E-state index >= 15 is 0 Å². The van der Waals surface area contributed by atoms with Gasteiger partial charge >= 0.3 is 0 Å². The summed E-state index contributed by atoms with van der Waals surface area (Å²) in [4.78, 5) is 0. The summed E-state index contributed by atoms with van der Waals surface area (Å²) in [5.74, 6) is 0. The molecule has 1 nitrogen and oxygen atoms in total. The molecule has 102 valence electrons. The van der Waals surface area contributed by atoms with E-state index in [9.17, 15) is 0 Å². The summed E-state index contributed by atoms with van der Waals surface area (Å²) in [5, 5.41) is 0. The van der Waals surface area contributed by atoms with E-state index in [0.717, 1.165) is 6.61 Å². The maximum atomic E-state index is 6.33. The lowest BCUT2D eigenvalue weighted by Gasteiger charge is -2.43. The molecule has 1 fully saturated rings. The van der Waals surface area contributed by atoms with E-state index in [-0.39, 0.29) is 11.5 Å². The normalized spacial score (nSPS) is 23.7. The Hall–Kier alpha value is -1.60. The molecule has 0 bridgehead atoms. The van der Waals surface area contributed by atoms with E-state index in [2.05, 4.69) is 54.6 Å². The molecule has 2 aliphatic rings. The average molecular weight is 264 g/mol. The second-order valence-corrected chi connectivity index (χ2v) is 6.12. The Bertz CT molecular complexity index is 596. The van der Waals surface area contributed by atoms with Gasteiger partial charge in [0.25, 0.3) is 0 Å². The molecule has 1 unspecified atom stereocenters. The maximum Gasteiger partial charge on any atom is 0.0926 e. The van der Waals surface area contributed by atoms with Crippen molar-refractivity contribution < 1.29 is 4.74 Å². The molecule has 1 saturated carbocycles. The van der Waals surface area contributed by atoms with Gasteiger partial charge in [-0.25, -0.2) is 0 Å². The molecular formula is C19H20O. The highest BCUT2D eigenvalue weighted by Crippen LogP contribution is 2.54. The van der Waals surface area contributed by atoms with E-state index in [1.165, 1.54) is 42.4 Å². The second-order valence-electron chi connectivity index (χ2n) is 6.12. The van der Waals surface area contributed by atoms with Crippen molar-refractivity contribution in [3.63, 3.8) is 0 Å². The Morgan fingerprint density at radius 3 is 2.35 bits per heavy atom. The van der Waals surface area contributed by atoms with Gasteiger partial charge in [0.05, 0.1) is 12.7 Å². The van der Waals surface area contributed by atoms with E-state index in [0.29, 0.717) is 0 Å². The van der Waals surface area contributed by atoms with Crippen LogP contribution in [0.4, 0.5) is 0 Å². The van der Waals surface area contributed by atoms with Gasteiger partial charge in [-0.15, -0.1) is 0 Å². The molecule has 0 radical (unpaired) electrons. The van der Waals surface area contributed by atoms with Gasteiger partial charge in [0.15, 0.2) is 0 Å². The Balaban J connectivity index is 1.86. The molecule has 4 rings (SSSR count). The summed E-state index contributed by atoms with van der Waals surface area (Å²) < 4.78 is 6.33. The smallest absolute Gasteiger partial charge is 0.0926 e. The molecular weight excluding hydrogens is 244 g/mol. The van der Waals surface area contributed by atoms with E-state index in [4.69, 9.17) is 4.74 Å². The van der Waals surface area contributed by atoms with Crippen molar-refractivity contribution in [2.24, 2.45) is 0 Å². The van der Waals surface area contributed by atoms with Crippen LogP contribution in [-0.2, 0) is 16.8 Å². The predicted octanol–water partition coefficient (Wildman–Crippen LogP) is 4.77. The highest BCUT2D eigenvalue weighted by atomic mass is 16.5. The third-order valence-electron chi connectivity index (χ3n) is 5.06. The molecule has 0 aromatic heterocycles. The van der Waals surface area contributed by atoms with Gasteiger partial charge in [0, 0.05) is 5.41 Å². The van der Waals surface area contributed by atoms with Crippen LogP contribution >= 0.6 is 0 Å². The molecule has 2 aromatic carbocycles. The van der Waals surface area contributed by atoms with Crippen LogP contribution < -0.4 is 0 Å². The van der Waals surface area contributed by atoms with E-state index < -0.39 is 0 Å². The summed E-state index contributed by atoms with van der Waals surface area (Å²) >= 11 is 0. The first-order valence-corrected chi connectivity index (χ1v) is 7.65. The molecule has 20 heavy (non-hydrogen) atoms. The van der Waals surface area contributed by atoms with Crippen molar-refractivity contribution in [1.29, 1.82) is 0 Å². The van der Waals surface area contributed by atoms with E-state index in [1.807, 2.05) is 0 Å². The number of benzene rings is 2. The molecule has 0 N–H and O–H groups in total. The van der Waals surface area contributed by atoms with Crippen molar-refractivity contribution in [2.75, 3.05) is 0 Å². The standard InChI is InChI=1S/C19H20O/c1-2-8-15(9-3-1)18-19(12-6-7-13-19)17-11-5-4-10-16(17)14-20-18/h1-5,8-11,18H,6-7,12-14H2. The third-order valence-corrected chi connectivity index (χ3v) is 5.06. The fraction of sp³-hybridized carbons (Fsp3) is 0.368. The minimum Gasteiger partial charge on any atom is -0.368 e. The monoisotopic (exact) mass is 264 g/mol. The van der Waals surface area contributed by atoms with Crippen LogP contribution in [0.15, 0.2) is 54.6 Å². The lowest BCUT2D eigenvalue weighted by Crippen LogP contribution is -2.37. The fourth-order valence-corrected chi connectivity index (χ4v) is 4.19. The molecule has 1 spiro atoms. The summed E-state index contributed by atoms with van der Waals surface area (Å²) in [6.07, 6.45) is 5.37. The van der Waals surface area contributed by atoms with Gasteiger partial charge in [-0.1, -0.05) is 67.4 Å². The van der Waals surface area contributed by atoms with Gasteiger partial charge < -0.3 is 4.74 Å². The Labute approximate surface area is 120 Å². The van der Waals surface area contributed by atoms with Crippen molar-refractivity contribution in [1.82, 2.24) is 0 Å². The van der Waals surface area contributed by atoms with Gasteiger partial charge in [-0.2, -0.15) is 0 Å². The molecule has 1 heteroatoms. The summed E-state index contributed by atoms with van der Waals surface area (Å²) in [5.41, 5.74) is 4.47. The van der Waals surface area contributed by atoms with Crippen LogP contribution in [0.1, 0.15) is 48.5 Å². The quantitative estimate of drug-likeness (QED) is 0.721. The zero-order chi connectivity index (χ0) is 13.4. The lowest BCUT2D eigenvalue weighted by atomic mass is 9.69. The lowest BCUT2D eigenvalue weighted by molar-refractivity contribution is -0.0334. The molecule has 2 aromatic rings. The fourth-order valence-electron chi connectivity index (χ4n) is 4.19. The van der Waals surface area contributed by atoms with Gasteiger partial charge in [-0.3, -0.25) is 0 Å². The van der Waals surface area contributed by atoms with Gasteiger partial charge in [0.2, 0.25) is 0 Å². The zero-order valence-electron chi connectivity index (χ0n) is 11.7. The molecule has 1 aliphatic heterocycles. The van der Waals surface area contributed by atoms with E-state index in [1.54, 1.807) is 0 Å². The highest BCUT2D eigenvalue weighted by molar-refractivity contribution is 5.40. The second kappa shape index (κ2) is 4.75. The molecule has 0 amide bonds. The van der Waals surface area contributed by atoms with Crippen molar-refractivity contribution in [2.45, 2.75) is 43.8 Å². The van der Waals surface area contributed by atoms with Crippen LogP contribution in [0.5, 0.6) is 0 Å². The minimum atomic E-state index is 0.205. The molecule has 1 aliphatic carbocycles. The number of ether oxygens (including phenoxy) is 1. The Morgan fingerprint density at radius 2 is 1.55 bits per heavy atom. The van der Waals surface area contributed by atoms with Crippen molar-refractivity contribution in [3.05, 3.63) is 71.3 Å². The summed E-state index contributed by atoms with van der Waals surface area (Å²) in [6, 6.07) is 19.7. The van der Waals surface area contributed by atoms with Crippen molar-refractivity contribution in [3.8, 4) is 0 Å². The Kier molecular flexibility index (Phi) is 2.89. The van der Waals surface area contributed by atoms with Crippen molar-refractivity contribution >= 4 is 0 Å². The maximum absolute atomic E-state index is 6.33. The SMILES string of the molecule is c1ccc(C2OCc3ccccc3C23CCCC3)cc1. The van der Waals surface area contributed by atoms with Gasteiger partial charge in [0.1, 0.15) is 0 Å². The number of hydrogen-bond donors (Lipinski definition) is 0. The summed E-state index contributed by atoms with van der Waals surface area (Å²) in [6.45, 7) is 0.748. The average Bonchev–Trinajstić information content (AvgIpc) is 2.99. The number of fused-ring (bicyclic) bond motifs is 2. The molecule has 1 heterocycles. The summed E-state index contributed by atoms with van der Waals surface area (Å²) in [7, 11) is 0. The molecule has 0 saturated heterocycles. The van der Waals surface area contributed by atoms with Crippen LogP contribution in [0.25, 0.3) is 0 Å². The van der Waals surface area contributed by atoms with Crippen LogP contribution in [0.2, 0.25) is 0 Å². The van der Waals surface area contributed by atoms with Crippen LogP contribution in [-0.4, -0.2) is 0 Å². The number of hydrogen-bond acceptors (Lipinski definition) is 1.